The molecule has 76 valence electrons. The summed E-state index contributed by atoms with van der Waals surface area (Å²) in [6.45, 7) is 5.69. The van der Waals surface area contributed by atoms with Gasteiger partial charge in [0.05, 0.1) is 5.69 Å². The van der Waals surface area contributed by atoms with Crippen molar-refractivity contribution in [3.8, 4) is 0 Å². The molecule has 0 spiro atoms. The van der Waals surface area contributed by atoms with E-state index >= 15 is 0 Å². The second kappa shape index (κ2) is 4.65. The highest BCUT2D eigenvalue weighted by atomic mass is 16.7. The molecule has 0 saturated heterocycles. The summed E-state index contributed by atoms with van der Waals surface area (Å²) in [5.41, 5.74) is 5.68. The monoisotopic (exact) mass is 193 g/mol. The molecule has 1 rings (SSSR count). The summed E-state index contributed by atoms with van der Waals surface area (Å²) in [6, 6.07) is 5.90. The number of carbonyl (C=O) groups is 1. The number of aryl methyl sites for hydroxylation is 2. The number of para-hydroxylation sites is 1. The average Bonchev–Trinajstić information content (AvgIpc) is 2.16. The smallest absolute Gasteiger partial charge is 0.331 e. The molecule has 0 aliphatic rings. The molecule has 0 saturated carbocycles. The Balaban J connectivity index is 2.71. The number of carbonyl (C=O) groups excluding carboxylic acids is 1. The first-order chi connectivity index (χ1) is 6.65. The lowest BCUT2D eigenvalue weighted by Crippen LogP contribution is -2.10. The molecule has 1 aromatic rings. The van der Waals surface area contributed by atoms with Gasteiger partial charge < -0.3 is 4.84 Å². The molecule has 0 radical (unpaired) electrons. The fourth-order valence-electron chi connectivity index (χ4n) is 1.16. The molecule has 0 aliphatic carbocycles. The van der Waals surface area contributed by atoms with E-state index in [2.05, 4.69) is 5.48 Å². The van der Waals surface area contributed by atoms with Gasteiger partial charge in [0.25, 0.3) is 0 Å². The minimum atomic E-state index is -0.257. The van der Waals surface area contributed by atoms with E-state index in [4.69, 9.17) is 4.84 Å². The van der Waals surface area contributed by atoms with Crippen LogP contribution < -0.4 is 5.48 Å². The Labute approximate surface area is 84.0 Å². The van der Waals surface area contributed by atoms with Crippen molar-refractivity contribution in [1.82, 2.24) is 0 Å². The van der Waals surface area contributed by atoms with Crippen LogP contribution in [0, 0.1) is 13.8 Å². The third kappa shape index (κ3) is 2.49. The molecule has 0 fully saturated rings. The van der Waals surface area contributed by atoms with Crippen molar-refractivity contribution in [2.75, 3.05) is 5.48 Å². The highest BCUT2D eigenvalue weighted by Crippen LogP contribution is 2.19. The molecule has 1 N–H and O–H groups in total. The Morgan fingerprint density at radius 1 is 1.36 bits per heavy atom. The van der Waals surface area contributed by atoms with Crippen LogP contribution in [0.25, 0.3) is 0 Å². The number of hydrogen-bond acceptors (Lipinski definition) is 3. The van der Waals surface area contributed by atoms with E-state index in [1.54, 1.807) is 6.92 Å². The van der Waals surface area contributed by atoms with Crippen LogP contribution in [0.15, 0.2) is 18.2 Å². The van der Waals surface area contributed by atoms with E-state index in [1.807, 2.05) is 32.0 Å². The van der Waals surface area contributed by atoms with Crippen LogP contribution in [-0.2, 0) is 9.63 Å². The van der Waals surface area contributed by atoms with Crippen LogP contribution in [0.1, 0.15) is 24.5 Å². The lowest BCUT2D eigenvalue weighted by Gasteiger charge is -2.11. The van der Waals surface area contributed by atoms with E-state index in [9.17, 15) is 4.79 Å². The van der Waals surface area contributed by atoms with Crippen molar-refractivity contribution >= 4 is 11.7 Å². The zero-order valence-electron chi connectivity index (χ0n) is 8.76. The van der Waals surface area contributed by atoms with Crippen molar-refractivity contribution in [3.63, 3.8) is 0 Å². The molecule has 0 aliphatic heterocycles. The van der Waals surface area contributed by atoms with Gasteiger partial charge in [-0.25, -0.2) is 10.3 Å². The van der Waals surface area contributed by atoms with Crippen molar-refractivity contribution in [1.29, 1.82) is 0 Å². The maximum Gasteiger partial charge on any atom is 0.331 e. The Hall–Kier alpha value is -1.51. The van der Waals surface area contributed by atoms with Gasteiger partial charge in [-0.3, -0.25) is 0 Å². The number of anilines is 1. The molecule has 0 heterocycles. The fourth-order valence-corrected chi connectivity index (χ4v) is 1.16. The maximum absolute atomic E-state index is 10.9. The zero-order valence-corrected chi connectivity index (χ0v) is 8.76. The van der Waals surface area contributed by atoms with Gasteiger partial charge in [-0.05, 0) is 25.0 Å². The quantitative estimate of drug-likeness (QED) is 0.750. The number of nitrogens with one attached hydrogen (secondary N) is 1. The third-order valence-electron chi connectivity index (χ3n) is 2.04. The maximum atomic E-state index is 10.9. The first-order valence-corrected chi connectivity index (χ1v) is 4.67. The number of benzene rings is 1. The van der Waals surface area contributed by atoms with Gasteiger partial charge in [0.2, 0.25) is 0 Å². The van der Waals surface area contributed by atoms with Crippen molar-refractivity contribution in [2.45, 2.75) is 27.2 Å². The second-order valence-electron chi connectivity index (χ2n) is 3.20. The van der Waals surface area contributed by atoms with Crippen LogP contribution in [0.2, 0.25) is 0 Å². The van der Waals surface area contributed by atoms with Gasteiger partial charge in [-0.1, -0.05) is 25.1 Å². The van der Waals surface area contributed by atoms with Gasteiger partial charge in [0.15, 0.2) is 0 Å². The van der Waals surface area contributed by atoms with Crippen LogP contribution in [0.4, 0.5) is 5.69 Å². The zero-order chi connectivity index (χ0) is 10.6. The highest BCUT2D eigenvalue weighted by Gasteiger charge is 2.03. The summed E-state index contributed by atoms with van der Waals surface area (Å²) in [5.74, 6) is -0.257. The largest absolute Gasteiger partial charge is 0.343 e. The summed E-state index contributed by atoms with van der Waals surface area (Å²) in [7, 11) is 0. The summed E-state index contributed by atoms with van der Waals surface area (Å²) in [5, 5.41) is 0. The summed E-state index contributed by atoms with van der Waals surface area (Å²) < 4.78 is 0. The minimum absolute atomic E-state index is 0.257. The Morgan fingerprint density at radius 3 is 2.43 bits per heavy atom. The van der Waals surface area contributed by atoms with Gasteiger partial charge in [-0.2, -0.15) is 0 Å². The predicted molar refractivity (Wildman–Crippen MR) is 55.9 cm³/mol. The van der Waals surface area contributed by atoms with Crippen molar-refractivity contribution < 1.29 is 9.63 Å². The molecule has 0 atom stereocenters. The summed E-state index contributed by atoms with van der Waals surface area (Å²) in [4.78, 5) is 15.8. The topological polar surface area (TPSA) is 38.3 Å². The molecule has 0 unspecified atom stereocenters. The Bertz CT molecular complexity index is 314. The van der Waals surface area contributed by atoms with Gasteiger partial charge in [-0.15, -0.1) is 0 Å². The normalized spacial score (nSPS) is 9.64. The molecule has 14 heavy (non-hydrogen) atoms. The van der Waals surface area contributed by atoms with Crippen LogP contribution in [0.5, 0.6) is 0 Å². The highest BCUT2D eigenvalue weighted by molar-refractivity contribution is 5.70. The summed E-state index contributed by atoms with van der Waals surface area (Å²) >= 11 is 0. The first kappa shape index (κ1) is 10.6. The second-order valence-corrected chi connectivity index (χ2v) is 3.20. The Morgan fingerprint density at radius 2 is 1.93 bits per heavy atom. The molecule has 1 aromatic carbocycles. The van der Waals surface area contributed by atoms with E-state index in [0.717, 1.165) is 16.8 Å². The predicted octanol–water partition coefficient (Wildman–Crippen LogP) is 2.58. The third-order valence-corrected chi connectivity index (χ3v) is 2.04. The SMILES string of the molecule is CCC(=O)ONc1c(C)cccc1C. The van der Waals surface area contributed by atoms with Crippen LogP contribution in [0.3, 0.4) is 0 Å². The first-order valence-electron chi connectivity index (χ1n) is 4.67. The molecule has 3 nitrogen and oxygen atoms in total. The lowest BCUT2D eigenvalue weighted by molar-refractivity contribution is -0.140. The lowest BCUT2D eigenvalue weighted by atomic mass is 10.1. The van der Waals surface area contributed by atoms with Crippen molar-refractivity contribution in [3.05, 3.63) is 29.3 Å². The van der Waals surface area contributed by atoms with E-state index in [0.29, 0.717) is 6.42 Å². The molecule has 0 amide bonds. The van der Waals surface area contributed by atoms with E-state index in [-0.39, 0.29) is 5.97 Å². The Kier molecular flexibility index (Phi) is 3.51. The molecule has 0 aromatic heterocycles. The van der Waals surface area contributed by atoms with Crippen molar-refractivity contribution in [2.24, 2.45) is 0 Å². The summed E-state index contributed by atoms with van der Waals surface area (Å²) in [6.07, 6.45) is 0.373. The molecular formula is C11H15NO2. The van der Waals surface area contributed by atoms with Crippen LogP contribution in [-0.4, -0.2) is 5.97 Å². The number of rotatable bonds is 3. The average molecular weight is 193 g/mol. The standard InChI is InChI=1S/C11H15NO2/c1-4-10(13)14-12-11-8(2)6-5-7-9(11)3/h5-7,12H,4H2,1-3H3. The van der Waals surface area contributed by atoms with Gasteiger partial charge >= 0.3 is 5.97 Å². The van der Waals surface area contributed by atoms with E-state index in [1.165, 1.54) is 0 Å². The number of hydrogen-bond donors (Lipinski definition) is 1. The van der Waals surface area contributed by atoms with Gasteiger partial charge in [0.1, 0.15) is 0 Å². The minimum Gasteiger partial charge on any atom is -0.343 e. The molecule has 3 heteroatoms. The van der Waals surface area contributed by atoms with E-state index < -0.39 is 0 Å². The van der Waals surface area contributed by atoms with Gasteiger partial charge in [0, 0.05) is 6.42 Å². The fraction of sp³-hybridized carbons (Fsp3) is 0.364. The van der Waals surface area contributed by atoms with Crippen LogP contribution >= 0.6 is 0 Å². The molecular weight excluding hydrogens is 178 g/mol. The molecule has 0 bridgehead atoms.